The van der Waals surface area contributed by atoms with Gasteiger partial charge in [-0.3, -0.25) is 4.68 Å². The number of ether oxygens (including phenoxy) is 1. The topological polar surface area (TPSA) is 52.0 Å². The van der Waals surface area contributed by atoms with E-state index in [0.717, 1.165) is 38.2 Å². The van der Waals surface area contributed by atoms with E-state index < -0.39 is 0 Å². The van der Waals surface area contributed by atoms with Crippen LogP contribution in [-0.2, 0) is 18.3 Å². The fourth-order valence-electron chi connectivity index (χ4n) is 2.05. The van der Waals surface area contributed by atoms with Gasteiger partial charge in [-0.25, -0.2) is 4.98 Å². The maximum atomic E-state index is 5.64. The molecule has 16 heavy (non-hydrogen) atoms. The first-order valence-corrected chi connectivity index (χ1v) is 5.97. The summed E-state index contributed by atoms with van der Waals surface area (Å²) in [6.45, 7) is 3.79. The highest BCUT2D eigenvalue weighted by atomic mass is 16.5. The van der Waals surface area contributed by atoms with Gasteiger partial charge < -0.3 is 10.1 Å². The smallest absolute Gasteiger partial charge is 0.164 e. The van der Waals surface area contributed by atoms with Gasteiger partial charge in [0.2, 0.25) is 0 Å². The van der Waals surface area contributed by atoms with Crippen molar-refractivity contribution >= 4 is 0 Å². The molecule has 2 unspecified atom stereocenters. The Morgan fingerprint density at radius 2 is 2.50 bits per heavy atom. The van der Waals surface area contributed by atoms with Crippen LogP contribution in [0.5, 0.6) is 0 Å². The number of aromatic nitrogens is 3. The van der Waals surface area contributed by atoms with Crippen molar-refractivity contribution in [1.82, 2.24) is 20.1 Å². The summed E-state index contributed by atoms with van der Waals surface area (Å²) in [5.74, 6) is 0.863. The SMILES string of the molecule is CCC1CC(NCc2ncn(C)n2)CCO1. The second-order valence-corrected chi connectivity index (χ2v) is 4.34. The van der Waals surface area contributed by atoms with E-state index in [-0.39, 0.29) is 0 Å². The first-order valence-electron chi connectivity index (χ1n) is 5.97. The maximum Gasteiger partial charge on any atom is 0.164 e. The van der Waals surface area contributed by atoms with Crippen molar-refractivity contribution < 1.29 is 4.74 Å². The van der Waals surface area contributed by atoms with E-state index in [0.29, 0.717) is 12.1 Å². The predicted octanol–water partition coefficient (Wildman–Crippen LogP) is 0.862. The van der Waals surface area contributed by atoms with Crippen molar-refractivity contribution in [3.63, 3.8) is 0 Å². The van der Waals surface area contributed by atoms with E-state index in [2.05, 4.69) is 22.3 Å². The van der Waals surface area contributed by atoms with Crippen molar-refractivity contribution in [2.75, 3.05) is 6.61 Å². The average Bonchev–Trinajstić information content (AvgIpc) is 2.73. The lowest BCUT2D eigenvalue weighted by atomic mass is 10.0. The highest BCUT2D eigenvalue weighted by Gasteiger charge is 2.20. The fraction of sp³-hybridized carbons (Fsp3) is 0.818. The Morgan fingerprint density at radius 1 is 1.62 bits per heavy atom. The fourth-order valence-corrected chi connectivity index (χ4v) is 2.05. The number of nitrogens with zero attached hydrogens (tertiary/aromatic N) is 3. The Morgan fingerprint density at radius 3 is 3.19 bits per heavy atom. The summed E-state index contributed by atoms with van der Waals surface area (Å²) >= 11 is 0. The molecule has 5 heteroatoms. The van der Waals surface area contributed by atoms with E-state index in [1.54, 1.807) is 11.0 Å². The van der Waals surface area contributed by atoms with Crippen LogP contribution in [0, 0.1) is 0 Å². The van der Waals surface area contributed by atoms with Gasteiger partial charge in [0.25, 0.3) is 0 Å². The molecule has 1 aliphatic heterocycles. The van der Waals surface area contributed by atoms with Gasteiger partial charge in [0.1, 0.15) is 6.33 Å². The Hall–Kier alpha value is -0.940. The van der Waals surface area contributed by atoms with Crippen molar-refractivity contribution in [2.24, 2.45) is 7.05 Å². The lowest BCUT2D eigenvalue weighted by molar-refractivity contribution is -0.000425. The van der Waals surface area contributed by atoms with Crippen LogP contribution in [0.4, 0.5) is 0 Å². The first-order chi connectivity index (χ1) is 7.78. The molecule has 1 fully saturated rings. The molecule has 1 aliphatic rings. The van der Waals surface area contributed by atoms with Crippen molar-refractivity contribution in [1.29, 1.82) is 0 Å². The molecule has 0 amide bonds. The van der Waals surface area contributed by atoms with Gasteiger partial charge in [0, 0.05) is 19.7 Å². The van der Waals surface area contributed by atoms with Gasteiger partial charge in [-0.1, -0.05) is 6.92 Å². The van der Waals surface area contributed by atoms with Crippen molar-refractivity contribution in [2.45, 2.75) is 44.9 Å². The molecular weight excluding hydrogens is 204 g/mol. The first kappa shape index (κ1) is 11.5. The molecule has 0 aliphatic carbocycles. The second-order valence-electron chi connectivity index (χ2n) is 4.34. The molecule has 5 nitrogen and oxygen atoms in total. The monoisotopic (exact) mass is 224 g/mol. The number of nitrogens with one attached hydrogen (secondary N) is 1. The Kier molecular flexibility index (Phi) is 3.90. The minimum Gasteiger partial charge on any atom is -0.378 e. The number of hydrogen-bond acceptors (Lipinski definition) is 4. The molecule has 0 aromatic carbocycles. The van der Waals surface area contributed by atoms with Crippen LogP contribution in [0.1, 0.15) is 32.0 Å². The molecule has 0 spiro atoms. The average molecular weight is 224 g/mol. The highest BCUT2D eigenvalue weighted by molar-refractivity contribution is 4.83. The minimum absolute atomic E-state index is 0.419. The van der Waals surface area contributed by atoms with Crippen LogP contribution >= 0.6 is 0 Å². The standard InChI is InChI=1S/C11H20N4O/c1-3-10-6-9(4-5-16-10)12-7-11-13-8-15(2)14-11/h8-10,12H,3-7H2,1-2H3. The van der Waals surface area contributed by atoms with Crippen LogP contribution in [0.2, 0.25) is 0 Å². The zero-order valence-electron chi connectivity index (χ0n) is 10.0. The summed E-state index contributed by atoms with van der Waals surface area (Å²) in [6.07, 6.45) is 5.44. The van der Waals surface area contributed by atoms with E-state index >= 15 is 0 Å². The molecule has 1 aromatic heterocycles. The van der Waals surface area contributed by atoms with E-state index in [9.17, 15) is 0 Å². The third kappa shape index (κ3) is 3.02. The molecule has 1 N–H and O–H groups in total. The molecular formula is C11H20N4O. The lowest BCUT2D eigenvalue weighted by Crippen LogP contribution is -2.38. The van der Waals surface area contributed by atoms with Gasteiger partial charge in [0.15, 0.2) is 5.82 Å². The zero-order valence-corrected chi connectivity index (χ0v) is 10.0. The van der Waals surface area contributed by atoms with Gasteiger partial charge in [0.05, 0.1) is 12.6 Å². The normalized spacial score (nSPS) is 25.9. The zero-order chi connectivity index (χ0) is 11.4. The van der Waals surface area contributed by atoms with E-state index in [4.69, 9.17) is 4.74 Å². The Bertz CT molecular complexity index is 326. The summed E-state index contributed by atoms with van der Waals surface area (Å²) in [4.78, 5) is 4.20. The molecule has 1 saturated heterocycles. The summed E-state index contributed by atoms with van der Waals surface area (Å²) in [5.41, 5.74) is 0. The molecule has 0 saturated carbocycles. The van der Waals surface area contributed by atoms with Crippen molar-refractivity contribution in [3.8, 4) is 0 Å². The van der Waals surface area contributed by atoms with E-state index in [1.165, 1.54) is 0 Å². The third-order valence-electron chi connectivity index (χ3n) is 3.02. The number of hydrogen-bond donors (Lipinski definition) is 1. The molecule has 0 radical (unpaired) electrons. The van der Waals surface area contributed by atoms with E-state index in [1.807, 2.05) is 7.05 Å². The van der Waals surface area contributed by atoms with Crippen LogP contribution in [0.15, 0.2) is 6.33 Å². The number of aryl methyl sites for hydroxylation is 1. The highest BCUT2D eigenvalue weighted by Crippen LogP contribution is 2.16. The summed E-state index contributed by atoms with van der Waals surface area (Å²) in [5, 5.41) is 7.74. The third-order valence-corrected chi connectivity index (χ3v) is 3.02. The van der Waals surface area contributed by atoms with Crippen LogP contribution in [0.3, 0.4) is 0 Å². The number of rotatable bonds is 4. The van der Waals surface area contributed by atoms with Gasteiger partial charge >= 0.3 is 0 Å². The largest absolute Gasteiger partial charge is 0.378 e. The molecule has 2 rings (SSSR count). The summed E-state index contributed by atoms with van der Waals surface area (Å²) in [6, 6.07) is 0.544. The predicted molar refractivity (Wildman–Crippen MR) is 60.9 cm³/mol. The summed E-state index contributed by atoms with van der Waals surface area (Å²) < 4.78 is 7.37. The Balaban J connectivity index is 1.77. The van der Waals surface area contributed by atoms with Crippen molar-refractivity contribution in [3.05, 3.63) is 12.2 Å². The van der Waals surface area contributed by atoms with Crippen LogP contribution in [-0.4, -0.2) is 33.5 Å². The quantitative estimate of drug-likeness (QED) is 0.824. The molecule has 0 bridgehead atoms. The minimum atomic E-state index is 0.419. The van der Waals surface area contributed by atoms with Crippen LogP contribution < -0.4 is 5.32 Å². The Labute approximate surface area is 96.2 Å². The van der Waals surface area contributed by atoms with Crippen LogP contribution in [0.25, 0.3) is 0 Å². The van der Waals surface area contributed by atoms with Gasteiger partial charge in [-0.2, -0.15) is 5.10 Å². The maximum absolute atomic E-state index is 5.64. The molecule has 90 valence electrons. The molecule has 2 heterocycles. The van der Waals surface area contributed by atoms with Gasteiger partial charge in [-0.05, 0) is 19.3 Å². The lowest BCUT2D eigenvalue weighted by Gasteiger charge is -2.29. The summed E-state index contributed by atoms with van der Waals surface area (Å²) in [7, 11) is 1.89. The molecule has 2 atom stereocenters. The second kappa shape index (κ2) is 5.41. The van der Waals surface area contributed by atoms with Gasteiger partial charge in [-0.15, -0.1) is 0 Å². The molecule has 1 aromatic rings.